The number of anilines is 1. The van der Waals surface area contributed by atoms with Crippen molar-refractivity contribution >= 4 is 29.1 Å². The quantitative estimate of drug-likeness (QED) is 0.874. The number of hydrogen-bond acceptors (Lipinski definition) is 3. The van der Waals surface area contributed by atoms with Crippen molar-refractivity contribution in [1.29, 1.82) is 0 Å². The predicted octanol–water partition coefficient (Wildman–Crippen LogP) is 2.53. The second-order valence-electron chi connectivity index (χ2n) is 6.05. The van der Waals surface area contributed by atoms with Crippen LogP contribution in [0.2, 0.25) is 5.02 Å². The molecular weight excluding hydrogens is 304 g/mol. The van der Waals surface area contributed by atoms with E-state index in [2.05, 4.69) is 5.32 Å². The summed E-state index contributed by atoms with van der Waals surface area (Å²) >= 11 is 6.12. The highest BCUT2D eigenvalue weighted by Crippen LogP contribution is 2.41. The van der Waals surface area contributed by atoms with Crippen LogP contribution in [0, 0.1) is 5.41 Å². The molecule has 1 aromatic rings. The Morgan fingerprint density at radius 2 is 2.09 bits per heavy atom. The van der Waals surface area contributed by atoms with E-state index < -0.39 is 0 Å². The smallest absolute Gasteiger partial charge is 0.255 e. The molecule has 1 aliphatic carbocycles. The van der Waals surface area contributed by atoms with Crippen molar-refractivity contribution in [1.82, 2.24) is 4.90 Å². The second kappa shape index (κ2) is 6.67. The van der Waals surface area contributed by atoms with Crippen LogP contribution in [0.25, 0.3) is 0 Å². The van der Waals surface area contributed by atoms with Crippen molar-refractivity contribution in [3.63, 3.8) is 0 Å². The molecule has 2 rings (SSSR count). The monoisotopic (exact) mass is 324 g/mol. The Morgan fingerprint density at radius 3 is 2.59 bits per heavy atom. The average molecular weight is 325 g/mol. The Bertz CT molecular complexity index is 579. The van der Waals surface area contributed by atoms with Gasteiger partial charge in [-0.1, -0.05) is 18.0 Å². The lowest BCUT2D eigenvalue weighted by atomic mass is 9.69. The normalized spacial score (nSPS) is 15.8. The Morgan fingerprint density at radius 1 is 1.41 bits per heavy atom. The predicted molar refractivity (Wildman–Crippen MR) is 86.1 cm³/mol. The summed E-state index contributed by atoms with van der Waals surface area (Å²) in [5.74, 6) is -0.417. The van der Waals surface area contributed by atoms with E-state index in [1.165, 1.54) is 6.92 Å². The zero-order chi connectivity index (χ0) is 16.3. The number of hydrogen-bond donors (Lipinski definition) is 2. The molecule has 0 atom stereocenters. The Balaban J connectivity index is 2.15. The fourth-order valence-electron chi connectivity index (χ4n) is 2.79. The molecule has 5 nitrogen and oxygen atoms in total. The largest absolute Gasteiger partial charge is 0.396 e. The summed E-state index contributed by atoms with van der Waals surface area (Å²) in [4.78, 5) is 25.3. The number of nitrogens with one attached hydrogen (secondary N) is 1. The average Bonchev–Trinajstić information content (AvgIpc) is 2.43. The topological polar surface area (TPSA) is 69.6 Å². The maximum atomic E-state index is 12.6. The van der Waals surface area contributed by atoms with E-state index >= 15 is 0 Å². The molecule has 1 fully saturated rings. The first kappa shape index (κ1) is 16.8. The fourth-order valence-corrected chi connectivity index (χ4v) is 2.99. The highest BCUT2D eigenvalue weighted by molar-refractivity contribution is 6.34. The fraction of sp³-hybridized carbons (Fsp3) is 0.500. The molecule has 0 unspecified atom stereocenters. The van der Waals surface area contributed by atoms with Gasteiger partial charge >= 0.3 is 0 Å². The van der Waals surface area contributed by atoms with Crippen LogP contribution in [0.3, 0.4) is 0 Å². The zero-order valence-electron chi connectivity index (χ0n) is 12.9. The minimum Gasteiger partial charge on any atom is -0.396 e. The van der Waals surface area contributed by atoms with E-state index in [9.17, 15) is 14.7 Å². The summed E-state index contributed by atoms with van der Waals surface area (Å²) in [5.41, 5.74) is 0.712. The third kappa shape index (κ3) is 3.59. The van der Waals surface area contributed by atoms with Crippen LogP contribution >= 0.6 is 11.6 Å². The summed E-state index contributed by atoms with van der Waals surface area (Å²) in [5, 5.41) is 12.5. The highest BCUT2D eigenvalue weighted by Gasteiger charge is 2.38. The molecule has 6 heteroatoms. The van der Waals surface area contributed by atoms with Crippen molar-refractivity contribution < 1.29 is 14.7 Å². The number of halogens is 1. The number of carbonyl (C=O) groups excluding carboxylic acids is 2. The molecule has 0 radical (unpaired) electrons. The minimum absolute atomic E-state index is 0.0876. The van der Waals surface area contributed by atoms with Gasteiger partial charge in [0, 0.05) is 31.6 Å². The molecule has 2 N–H and O–H groups in total. The first-order chi connectivity index (χ1) is 10.4. The van der Waals surface area contributed by atoms with Crippen LogP contribution in [-0.4, -0.2) is 42.0 Å². The summed E-state index contributed by atoms with van der Waals surface area (Å²) in [7, 11) is 1.71. The van der Waals surface area contributed by atoms with Crippen LogP contribution in [0.1, 0.15) is 36.5 Å². The van der Waals surface area contributed by atoms with E-state index in [4.69, 9.17) is 11.6 Å². The minimum atomic E-state index is -0.211. The van der Waals surface area contributed by atoms with Crippen molar-refractivity contribution in [3.05, 3.63) is 28.8 Å². The Hall–Kier alpha value is -1.59. The SMILES string of the molecule is CC(=O)Nc1ccc(Cl)c(C(=O)N(C)CC2(CO)CCC2)c1. The zero-order valence-corrected chi connectivity index (χ0v) is 13.6. The molecule has 0 saturated heterocycles. The van der Waals surface area contributed by atoms with Gasteiger partial charge in [-0.2, -0.15) is 0 Å². The van der Waals surface area contributed by atoms with Gasteiger partial charge in [0.15, 0.2) is 0 Å². The van der Waals surface area contributed by atoms with E-state index in [1.54, 1.807) is 30.1 Å². The van der Waals surface area contributed by atoms with Gasteiger partial charge in [0.25, 0.3) is 5.91 Å². The molecular formula is C16H21ClN2O3. The van der Waals surface area contributed by atoms with Crippen molar-refractivity contribution in [3.8, 4) is 0 Å². The van der Waals surface area contributed by atoms with Gasteiger partial charge in [-0.25, -0.2) is 0 Å². The summed E-state index contributed by atoms with van der Waals surface area (Å²) < 4.78 is 0. The maximum Gasteiger partial charge on any atom is 0.255 e. The first-order valence-electron chi connectivity index (χ1n) is 7.30. The van der Waals surface area contributed by atoms with Gasteiger partial charge < -0.3 is 15.3 Å². The van der Waals surface area contributed by atoms with Crippen molar-refractivity contribution in [2.24, 2.45) is 5.41 Å². The molecule has 0 spiro atoms. The van der Waals surface area contributed by atoms with Gasteiger partial charge in [0.05, 0.1) is 17.2 Å². The van der Waals surface area contributed by atoms with E-state index in [1.807, 2.05) is 0 Å². The Kier molecular flexibility index (Phi) is 5.08. The summed E-state index contributed by atoms with van der Waals surface area (Å²) in [6, 6.07) is 4.83. The molecule has 0 aromatic heterocycles. The van der Waals surface area contributed by atoms with Gasteiger partial charge in [0.1, 0.15) is 0 Å². The van der Waals surface area contributed by atoms with Crippen LogP contribution in [-0.2, 0) is 4.79 Å². The number of aliphatic hydroxyl groups excluding tert-OH is 1. The molecule has 0 bridgehead atoms. The number of amides is 2. The molecule has 0 heterocycles. The van der Waals surface area contributed by atoms with E-state index in [0.29, 0.717) is 22.8 Å². The molecule has 0 aliphatic heterocycles. The van der Waals surface area contributed by atoms with Gasteiger partial charge in [0.2, 0.25) is 5.91 Å². The number of rotatable bonds is 5. The summed E-state index contributed by atoms with van der Waals surface area (Å²) in [6.45, 7) is 2.00. The highest BCUT2D eigenvalue weighted by atomic mass is 35.5. The third-order valence-corrected chi connectivity index (χ3v) is 4.52. The first-order valence-corrected chi connectivity index (χ1v) is 7.68. The molecule has 22 heavy (non-hydrogen) atoms. The van der Waals surface area contributed by atoms with Crippen LogP contribution in [0.4, 0.5) is 5.69 Å². The van der Waals surface area contributed by atoms with Crippen LogP contribution in [0.15, 0.2) is 18.2 Å². The number of nitrogens with zero attached hydrogens (tertiary/aromatic N) is 1. The Labute approximate surface area is 135 Å². The van der Waals surface area contributed by atoms with Gasteiger partial charge in [-0.3, -0.25) is 9.59 Å². The van der Waals surface area contributed by atoms with Crippen LogP contribution < -0.4 is 5.32 Å². The number of carbonyl (C=O) groups is 2. The van der Waals surface area contributed by atoms with Gasteiger partial charge in [-0.05, 0) is 31.0 Å². The number of aliphatic hydroxyl groups is 1. The lowest BCUT2D eigenvalue weighted by molar-refractivity contribution is -0.114. The standard InChI is InChI=1S/C16H21ClN2O3/c1-11(21)18-12-4-5-14(17)13(8-12)15(22)19(2)9-16(10-20)6-3-7-16/h4-5,8,20H,3,6-7,9-10H2,1-2H3,(H,18,21). The molecule has 1 aliphatic rings. The van der Waals surface area contributed by atoms with Crippen LogP contribution in [0.5, 0.6) is 0 Å². The van der Waals surface area contributed by atoms with E-state index in [0.717, 1.165) is 19.3 Å². The van der Waals surface area contributed by atoms with Crippen molar-refractivity contribution in [2.45, 2.75) is 26.2 Å². The lowest BCUT2D eigenvalue weighted by Gasteiger charge is -2.42. The molecule has 120 valence electrons. The second-order valence-corrected chi connectivity index (χ2v) is 6.46. The van der Waals surface area contributed by atoms with E-state index in [-0.39, 0.29) is 23.8 Å². The molecule has 2 amide bonds. The maximum absolute atomic E-state index is 12.6. The molecule has 1 saturated carbocycles. The molecule has 1 aromatic carbocycles. The van der Waals surface area contributed by atoms with Gasteiger partial charge in [-0.15, -0.1) is 0 Å². The number of benzene rings is 1. The summed E-state index contributed by atoms with van der Waals surface area (Å²) in [6.07, 6.45) is 2.95. The van der Waals surface area contributed by atoms with Crippen molar-refractivity contribution in [2.75, 3.05) is 25.5 Å². The lowest BCUT2D eigenvalue weighted by Crippen LogP contribution is -2.45. The third-order valence-electron chi connectivity index (χ3n) is 4.19.